The number of phenols is 1. The maximum absolute atomic E-state index is 10.5. The van der Waals surface area contributed by atoms with Crippen LogP contribution in [-0.4, -0.2) is 21.8 Å². The van der Waals surface area contributed by atoms with Gasteiger partial charge in [0.2, 0.25) is 0 Å². The van der Waals surface area contributed by atoms with Gasteiger partial charge in [0.05, 0.1) is 6.10 Å². The van der Waals surface area contributed by atoms with Gasteiger partial charge >= 0.3 is 0 Å². The average molecular weight is 337 g/mol. The van der Waals surface area contributed by atoms with Crippen molar-refractivity contribution in [2.75, 3.05) is 0 Å². The fraction of sp³-hybridized carbons (Fsp3) is 0.600. The standard InChI is InChI=1S/C15H24N2O2.2ClH/c1-15(2,3)17-12-6-4-9-10(14(12)19)5-7-13(18)11(9)8-16;;/h5,7,12,14,17-19H,4,6,8,16H2,1-3H3;2*1H/t12-,14-;;/m1../s1. The van der Waals surface area contributed by atoms with Gasteiger partial charge in [-0.05, 0) is 50.8 Å². The van der Waals surface area contributed by atoms with Gasteiger partial charge in [0.1, 0.15) is 5.75 Å². The van der Waals surface area contributed by atoms with Gasteiger partial charge < -0.3 is 21.3 Å². The van der Waals surface area contributed by atoms with E-state index in [4.69, 9.17) is 5.73 Å². The van der Waals surface area contributed by atoms with Crippen LogP contribution in [-0.2, 0) is 13.0 Å². The Morgan fingerprint density at radius 1 is 1.29 bits per heavy atom. The molecule has 5 N–H and O–H groups in total. The molecule has 6 heteroatoms. The number of hydrogen-bond acceptors (Lipinski definition) is 4. The molecule has 0 heterocycles. The Bertz CT molecular complexity index is 475. The van der Waals surface area contributed by atoms with E-state index in [0.717, 1.165) is 29.5 Å². The minimum absolute atomic E-state index is 0. The van der Waals surface area contributed by atoms with E-state index >= 15 is 0 Å². The smallest absolute Gasteiger partial charge is 0.120 e. The lowest BCUT2D eigenvalue weighted by molar-refractivity contribution is 0.0997. The summed E-state index contributed by atoms with van der Waals surface area (Å²) in [6, 6.07) is 3.48. The van der Waals surface area contributed by atoms with Gasteiger partial charge in [-0.1, -0.05) is 6.07 Å². The van der Waals surface area contributed by atoms with Gasteiger partial charge in [0.15, 0.2) is 0 Å². The molecule has 2 atom stereocenters. The fourth-order valence-electron chi connectivity index (χ4n) is 2.88. The van der Waals surface area contributed by atoms with Crippen molar-refractivity contribution in [3.05, 3.63) is 28.8 Å². The number of benzene rings is 1. The van der Waals surface area contributed by atoms with Crippen molar-refractivity contribution in [1.29, 1.82) is 0 Å². The van der Waals surface area contributed by atoms with E-state index < -0.39 is 6.10 Å². The van der Waals surface area contributed by atoms with E-state index in [1.165, 1.54) is 0 Å². The second-order valence-electron chi connectivity index (χ2n) is 6.32. The molecule has 0 spiro atoms. The molecule has 1 aliphatic rings. The second-order valence-corrected chi connectivity index (χ2v) is 6.32. The Morgan fingerprint density at radius 3 is 2.43 bits per heavy atom. The molecule has 4 nitrogen and oxygen atoms in total. The Balaban J connectivity index is 0.00000200. The molecule has 21 heavy (non-hydrogen) atoms. The summed E-state index contributed by atoms with van der Waals surface area (Å²) in [6.45, 7) is 6.59. The maximum Gasteiger partial charge on any atom is 0.120 e. The number of nitrogens with two attached hydrogens (primary N) is 1. The normalized spacial score (nSPS) is 21.0. The molecule has 0 radical (unpaired) electrons. The lowest BCUT2D eigenvalue weighted by Crippen LogP contribution is -2.48. The van der Waals surface area contributed by atoms with E-state index in [1.807, 2.05) is 6.07 Å². The van der Waals surface area contributed by atoms with Crippen LogP contribution in [0, 0.1) is 0 Å². The summed E-state index contributed by atoms with van der Waals surface area (Å²) in [7, 11) is 0. The molecule has 0 bridgehead atoms. The number of halogens is 2. The predicted molar refractivity (Wildman–Crippen MR) is 90.5 cm³/mol. The number of aliphatic hydroxyl groups is 1. The minimum Gasteiger partial charge on any atom is -0.508 e. The van der Waals surface area contributed by atoms with Crippen LogP contribution in [0.25, 0.3) is 0 Å². The molecule has 0 aromatic heterocycles. The zero-order chi connectivity index (χ0) is 14.2. The highest BCUT2D eigenvalue weighted by Gasteiger charge is 2.31. The zero-order valence-electron chi connectivity index (χ0n) is 12.7. The number of fused-ring (bicyclic) bond motifs is 1. The van der Waals surface area contributed by atoms with Crippen LogP contribution >= 0.6 is 24.8 Å². The summed E-state index contributed by atoms with van der Waals surface area (Å²) < 4.78 is 0. The third-order valence-electron chi connectivity index (χ3n) is 3.67. The summed E-state index contributed by atoms with van der Waals surface area (Å²) >= 11 is 0. The number of hydrogen-bond donors (Lipinski definition) is 4. The first-order valence-electron chi connectivity index (χ1n) is 6.83. The predicted octanol–water partition coefficient (Wildman–Crippen LogP) is 2.43. The lowest BCUT2D eigenvalue weighted by Gasteiger charge is -2.36. The van der Waals surface area contributed by atoms with Crippen LogP contribution in [0.15, 0.2) is 12.1 Å². The van der Waals surface area contributed by atoms with E-state index in [0.29, 0.717) is 6.54 Å². The number of nitrogens with one attached hydrogen (secondary N) is 1. The third kappa shape index (κ3) is 4.47. The van der Waals surface area contributed by atoms with Gasteiger partial charge in [-0.25, -0.2) is 0 Å². The molecule has 0 fully saturated rings. The molecular weight excluding hydrogens is 311 g/mol. The minimum atomic E-state index is -0.547. The number of aliphatic hydroxyl groups excluding tert-OH is 1. The summed E-state index contributed by atoms with van der Waals surface area (Å²) in [4.78, 5) is 0. The first kappa shape index (κ1) is 20.5. The van der Waals surface area contributed by atoms with E-state index in [9.17, 15) is 10.2 Å². The van der Waals surface area contributed by atoms with Gasteiger partial charge in [-0.2, -0.15) is 0 Å². The van der Waals surface area contributed by atoms with Crippen molar-refractivity contribution in [2.45, 2.75) is 57.8 Å². The first-order valence-corrected chi connectivity index (χ1v) is 6.83. The quantitative estimate of drug-likeness (QED) is 0.668. The van der Waals surface area contributed by atoms with Crippen LogP contribution in [0.5, 0.6) is 5.75 Å². The number of rotatable bonds is 2. The molecule has 0 saturated heterocycles. The Hall–Kier alpha value is -0.520. The van der Waals surface area contributed by atoms with Crippen molar-refractivity contribution < 1.29 is 10.2 Å². The summed E-state index contributed by atoms with van der Waals surface area (Å²) in [5, 5.41) is 23.8. The highest BCUT2D eigenvalue weighted by molar-refractivity contribution is 5.85. The molecule has 0 aliphatic heterocycles. The van der Waals surface area contributed by atoms with Crippen molar-refractivity contribution >= 4 is 24.8 Å². The summed E-state index contributed by atoms with van der Waals surface area (Å²) in [5.74, 6) is 0.232. The molecule has 122 valence electrons. The highest BCUT2D eigenvalue weighted by Crippen LogP contribution is 2.36. The Kier molecular flexibility index (Phi) is 7.47. The molecular formula is C15H26Cl2N2O2. The van der Waals surface area contributed by atoms with Gasteiger partial charge in [0.25, 0.3) is 0 Å². The van der Waals surface area contributed by atoms with E-state index in [-0.39, 0.29) is 42.1 Å². The second kappa shape index (κ2) is 7.65. The van der Waals surface area contributed by atoms with Crippen LogP contribution < -0.4 is 11.1 Å². The van der Waals surface area contributed by atoms with Crippen LogP contribution in [0.1, 0.15) is 50.0 Å². The van der Waals surface area contributed by atoms with E-state index in [2.05, 4.69) is 26.1 Å². The lowest BCUT2D eigenvalue weighted by atomic mass is 9.82. The van der Waals surface area contributed by atoms with Crippen molar-refractivity contribution in [3.63, 3.8) is 0 Å². The first-order chi connectivity index (χ1) is 8.83. The average Bonchev–Trinajstić information content (AvgIpc) is 2.31. The summed E-state index contributed by atoms with van der Waals surface area (Å²) in [5.41, 5.74) is 8.35. The number of aromatic hydroxyl groups is 1. The molecule has 0 amide bonds. The van der Waals surface area contributed by atoms with Gasteiger partial charge in [-0.3, -0.25) is 0 Å². The molecule has 1 aromatic rings. The van der Waals surface area contributed by atoms with Crippen LogP contribution in [0.2, 0.25) is 0 Å². The third-order valence-corrected chi connectivity index (χ3v) is 3.67. The van der Waals surface area contributed by atoms with E-state index in [1.54, 1.807) is 6.07 Å². The summed E-state index contributed by atoms with van der Waals surface area (Å²) in [6.07, 6.45) is 1.14. The highest BCUT2D eigenvalue weighted by atomic mass is 35.5. The topological polar surface area (TPSA) is 78.5 Å². The number of phenolic OH excluding ortho intramolecular Hbond substituents is 1. The maximum atomic E-state index is 10.5. The Morgan fingerprint density at radius 2 is 1.90 bits per heavy atom. The fourth-order valence-corrected chi connectivity index (χ4v) is 2.88. The van der Waals surface area contributed by atoms with Crippen molar-refractivity contribution in [3.8, 4) is 5.75 Å². The van der Waals surface area contributed by atoms with Crippen molar-refractivity contribution in [1.82, 2.24) is 5.32 Å². The van der Waals surface area contributed by atoms with Crippen LogP contribution in [0.4, 0.5) is 0 Å². The zero-order valence-corrected chi connectivity index (χ0v) is 14.4. The SMILES string of the molecule is CC(C)(C)N[C@@H]1CCc2c(ccc(O)c2CN)[C@H]1O.Cl.Cl. The Labute approximate surface area is 138 Å². The van der Waals surface area contributed by atoms with Crippen LogP contribution in [0.3, 0.4) is 0 Å². The molecule has 1 aromatic carbocycles. The van der Waals surface area contributed by atoms with Gasteiger partial charge in [-0.15, -0.1) is 24.8 Å². The molecule has 0 unspecified atom stereocenters. The largest absolute Gasteiger partial charge is 0.508 e. The van der Waals surface area contributed by atoms with Gasteiger partial charge in [0, 0.05) is 23.7 Å². The monoisotopic (exact) mass is 336 g/mol. The van der Waals surface area contributed by atoms with Crippen molar-refractivity contribution in [2.24, 2.45) is 5.73 Å². The molecule has 0 saturated carbocycles. The molecule has 2 rings (SSSR count). The molecule has 1 aliphatic carbocycles.